The van der Waals surface area contributed by atoms with E-state index in [1.807, 2.05) is 17.8 Å². The molecular weight excluding hydrogens is 280 g/mol. The number of carbonyl (C=O) groups excluding carboxylic acids is 1. The highest BCUT2D eigenvalue weighted by atomic mass is 32.2. The summed E-state index contributed by atoms with van der Waals surface area (Å²) >= 11 is 3.22. The van der Waals surface area contributed by atoms with Crippen LogP contribution in [-0.2, 0) is 0 Å². The van der Waals surface area contributed by atoms with E-state index in [0.29, 0.717) is 10.6 Å². The highest BCUT2D eigenvalue weighted by molar-refractivity contribution is 7.99. The Morgan fingerprint density at radius 2 is 2.11 bits per heavy atom. The average Bonchev–Trinajstić information content (AvgIpc) is 2.78. The number of thioether (sulfide) groups is 1. The smallest absolute Gasteiger partial charge is 0.260 e. The Kier molecular flexibility index (Phi) is 3.24. The largest absolute Gasteiger partial charge is 0.397 e. The van der Waals surface area contributed by atoms with E-state index in [2.05, 4.69) is 9.88 Å². The number of carbonyl (C=O) groups is 1. The summed E-state index contributed by atoms with van der Waals surface area (Å²) in [6.45, 7) is 1.98. The number of anilines is 2. The van der Waals surface area contributed by atoms with E-state index in [9.17, 15) is 4.79 Å². The molecule has 4 N–H and O–H groups in total. The van der Waals surface area contributed by atoms with Crippen LogP contribution in [-0.4, -0.2) is 35.5 Å². The lowest BCUT2D eigenvalue weighted by Gasteiger charge is -2.29. The summed E-state index contributed by atoms with van der Waals surface area (Å²) in [7, 11) is 0. The molecule has 19 heavy (non-hydrogen) atoms. The molecule has 0 aromatic carbocycles. The van der Waals surface area contributed by atoms with Crippen molar-refractivity contribution >= 4 is 50.6 Å². The fourth-order valence-corrected chi connectivity index (χ4v) is 4.12. The van der Waals surface area contributed by atoms with Crippen LogP contribution in [0.4, 0.5) is 11.4 Å². The molecule has 1 saturated heterocycles. The van der Waals surface area contributed by atoms with Gasteiger partial charge in [-0.05, 0) is 6.07 Å². The Morgan fingerprint density at radius 1 is 1.37 bits per heavy atom. The Morgan fingerprint density at radius 3 is 2.79 bits per heavy atom. The Hall–Kier alpha value is -1.47. The number of nitrogen functional groups attached to an aromatic ring is 1. The first-order valence-electron chi connectivity index (χ1n) is 5.98. The predicted octanol–water partition coefficient (Wildman–Crippen LogP) is 1.53. The molecule has 1 aliphatic rings. The SMILES string of the molecule is NC(=O)c1sc2nccc(N3CCSCC3)c2c1N. The highest BCUT2D eigenvalue weighted by Crippen LogP contribution is 2.38. The maximum atomic E-state index is 11.4. The molecule has 0 unspecified atom stereocenters. The lowest BCUT2D eigenvalue weighted by molar-refractivity contribution is 0.100. The van der Waals surface area contributed by atoms with Gasteiger partial charge in [0.1, 0.15) is 9.71 Å². The van der Waals surface area contributed by atoms with Crippen LogP contribution in [0.1, 0.15) is 9.67 Å². The van der Waals surface area contributed by atoms with Gasteiger partial charge in [-0.25, -0.2) is 4.98 Å². The minimum atomic E-state index is -0.486. The third-order valence-corrected chi connectivity index (χ3v) is 5.25. The van der Waals surface area contributed by atoms with Crippen LogP contribution in [0.5, 0.6) is 0 Å². The molecule has 7 heteroatoms. The van der Waals surface area contributed by atoms with Crippen molar-refractivity contribution in [2.45, 2.75) is 0 Å². The van der Waals surface area contributed by atoms with Crippen LogP contribution in [0.15, 0.2) is 12.3 Å². The number of amides is 1. The second-order valence-electron chi connectivity index (χ2n) is 4.32. The first-order chi connectivity index (χ1) is 9.18. The lowest BCUT2D eigenvalue weighted by atomic mass is 10.2. The number of hydrogen-bond donors (Lipinski definition) is 2. The van der Waals surface area contributed by atoms with E-state index in [-0.39, 0.29) is 0 Å². The number of thiophene rings is 1. The molecule has 0 spiro atoms. The summed E-state index contributed by atoms with van der Waals surface area (Å²) in [5, 5.41) is 0.869. The van der Waals surface area contributed by atoms with E-state index in [1.54, 1.807) is 6.20 Å². The monoisotopic (exact) mass is 294 g/mol. The normalized spacial score (nSPS) is 15.9. The van der Waals surface area contributed by atoms with Crippen LogP contribution in [0.2, 0.25) is 0 Å². The molecule has 0 radical (unpaired) electrons. The third-order valence-electron chi connectivity index (χ3n) is 3.18. The molecule has 3 rings (SSSR count). The molecule has 2 aromatic heterocycles. The third kappa shape index (κ3) is 2.12. The molecular formula is C12H14N4OS2. The van der Waals surface area contributed by atoms with Gasteiger partial charge in [-0.1, -0.05) is 0 Å². The van der Waals surface area contributed by atoms with Crippen LogP contribution >= 0.6 is 23.1 Å². The van der Waals surface area contributed by atoms with Crippen LogP contribution in [0.25, 0.3) is 10.2 Å². The Labute approximate surface area is 119 Å². The molecule has 1 amide bonds. The number of aromatic nitrogens is 1. The summed E-state index contributed by atoms with van der Waals surface area (Å²) in [5.74, 6) is 1.73. The minimum Gasteiger partial charge on any atom is -0.397 e. The quantitative estimate of drug-likeness (QED) is 0.877. The van der Waals surface area contributed by atoms with Crippen molar-refractivity contribution in [1.29, 1.82) is 0 Å². The molecule has 1 fully saturated rings. The van der Waals surface area contributed by atoms with E-state index < -0.39 is 5.91 Å². The van der Waals surface area contributed by atoms with Crippen LogP contribution in [0.3, 0.4) is 0 Å². The van der Waals surface area contributed by atoms with Crippen molar-refractivity contribution in [2.75, 3.05) is 35.2 Å². The number of fused-ring (bicyclic) bond motifs is 1. The predicted molar refractivity (Wildman–Crippen MR) is 82.1 cm³/mol. The van der Waals surface area contributed by atoms with Crippen molar-refractivity contribution < 1.29 is 4.79 Å². The standard InChI is InChI=1S/C12H14N4OS2/c13-9-8-7(16-3-5-18-6-4-16)1-2-15-12(8)19-10(9)11(14)17/h1-2H,3-6,13H2,(H2,14,17). The lowest BCUT2D eigenvalue weighted by Crippen LogP contribution is -2.32. The Bertz CT molecular complexity index is 634. The number of rotatable bonds is 2. The summed E-state index contributed by atoms with van der Waals surface area (Å²) in [4.78, 5) is 19.2. The second-order valence-corrected chi connectivity index (χ2v) is 6.54. The van der Waals surface area contributed by atoms with Gasteiger partial charge in [0, 0.05) is 30.8 Å². The number of hydrogen-bond acceptors (Lipinski definition) is 6. The van der Waals surface area contributed by atoms with Crippen molar-refractivity contribution in [1.82, 2.24) is 4.98 Å². The fourth-order valence-electron chi connectivity index (χ4n) is 2.28. The van der Waals surface area contributed by atoms with Gasteiger partial charge in [0.25, 0.3) is 5.91 Å². The summed E-state index contributed by atoms with van der Waals surface area (Å²) in [5.41, 5.74) is 13.0. The summed E-state index contributed by atoms with van der Waals surface area (Å²) in [6.07, 6.45) is 1.76. The van der Waals surface area contributed by atoms with Crippen molar-refractivity contribution in [3.05, 3.63) is 17.1 Å². The number of pyridine rings is 1. The van der Waals surface area contributed by atoms with E-state index in [4.69, 9.17) is 11.5 Å². The molecule has 0 saturated carbocycles. The van der Waals surface area contributed by atoms with E-state index in [1.165, 1.54) is 11.3 Å². The van der Waals surface area contributed by atoms with Gasteiger partial charge in [0.05, 0.1) is 16.8 Å². The molecule has 3 heterocycles. The van der Waals surface area contributed by atoms with Gasteiger partial charge < -0.3 is 16.4 Å². The zero-order chi connectivity index (χ0) is 13.4. The summed E-state index contributed by atoms with van der Waals surface area (Å²) < 4.78 is 0. The maximum Gasteiger partial charge on any atom is 0.260 e. The van der Waals surface area contributed by atoms with Gasteiger partial charge in [-0.15, -0.1) is 11.3 Å². The van der Waals surface area contributed by atoms with Gasteiger partial charge >= 0.3 is 0 Å². The van der Waals surface area contributed by atoms with Crippen LogP contribution in [0, 0.1) is 0 Å². The van der Waals surface area contributed by atoms with Gasteiger partial charge in [0.2, 0.25) is 0 Å². The molecule has 0 bridgehead atoms. The first-order valence-corrected chi connectivity index (χ1v) is 7.95. The van der Waals surface area contributed by atoms with Crippen LogP contribution < -0.4 is 16.4 Å². The second kappa shape index (κ2) is 4.90. The molecule has 100 valence electrons. The maximum absolute atomic E-state index is 11.4. The fraction of sp³-hybridized carbons (Fsp3) is 0.333. The first kappa shape index (κ1) is 12.6. The zero-order valence-corrected chi connectivity index (χ0v) is 11.9. The average molecular weight is 294 g/mol. The van der Waals surface area contributed by atoms with E-state index >= 15 is 0 Å². The molecule has 0 atom stereocenters. The number of nitrogens with two attached hydrogens (primary N) is 2. The number of nitrogens with zero attached hydrogens (tertiary/aromatic N) is 2. The highest BCUT2D eigenvalue weighted by Gasteiger charge is 2.21. The van der Waals surface area contributed by atoms with Gasteiger partial charge in [-0.3, -0.25) is 4.79 Å². The number of primary amides is 1. The van der Waals surface area contributed by atoms with Crippen molar-refractivity contribution in [3.63, 3.8) is 0 Å². The van der Waals surface area contributed by atoms with Crippen molar-refractivity contribution in [2.24, 2.45) is 5.73 Å². The molecule has 2 aromatic rings. The molecule has 5 nitrogen and oxygen atoms in total. The minimum absolute atomic E-state index is 0.404. The summed E-state index contributed by atoms with van der Waals surface area (Å²) in [6, 6.07) is 1.96. The molecule has 0 aliphatic carbocycles. The van der Waals surface area contributed by atoms with Crippen molar-refractivity contribution in [3.8, 4) is 0 Å². The van der Waals surface area contributed by atoms with Gasteiger partial charge in [0.15, 0.2) is 0 Å². The zero-order valence-electron chi connectivity index (χ0n) is 10.3. The van der Waals surface area contributed by atoms with E-state index in [0.717, 1.165) is 40.5 Å². The van der Waals surface area contributed by atoms with Gasteiger partial charge in [-0.2, -0.15) is 11.8 Å². The molecule has 1 aliphatic heterocycles. The Balaban J connectivity index is 2.16. The topological polar surface area (TPSA) is 85.2 Å².